The number of aryl methyl sites for hydroxylation is 1. The molecule has 17 heavy (non-hydrogen) atoms. The van der Waals surface area contributed by atoms with Gasteiger partial charge in [0.15, 0.2) is 0 Å². The third-order valence-electron chi connectivity index (χ3n) is 2.58. The van der Waals surface area contributed by atoms with Gasteiger partial charge in [-0.05, 0) is 23.8 Å². The zero-order valence-electron chi connectivity index (χ0n) is 9.03. The molecule has 0 radical (unpaired) electrons. The molecule has 0 unspecified atom stereocenters. The number of amides is 1. The molecule has 0 bridgehead atoms. The lowest BCUT2D eigenvalue weighted by atomic mass is 10.2. The molecule has 2 N–H and O–H groups in total. The molecule has 2 aromatic rings. The minimum atomic E-state index is -0.0793. The Bertz CT molecular complexity index is 509. The van der Waals surface area contributed by atoms with Crippen molar-refractivity contribution in [2.45, 2.75) is 12.2 Å². The van der Waals surface area contributed by atoms with Gasteiger partial charge in [-0.15, -0.1) is 11.3 Å². The zero-order chi connectivity index (χ0) is 11.7. The van der Waals surface area contributed by atoms with Gasteiger partial charge in [-0.1, -0.05) is 0 Å². The molecule has 1 aliphatic rings. The van der Waals surface area contributed by atoms with E-state index in [4.69, 9.17) is 0 Å². The number of thiophene rings is 1. The number of hydrogen-bond donors (Lipinski definition) is 2. The monoisotopic (exact) mass is 265 g/mol. The van der Waals surface area contributed by atoms with Gasteiger partial charge in [-0.2, -0.15) is 11.8 Å². The molecule has 2 aromatic heterocycles. The van der Waals surface area contributed by atoms with E-state index in [-0.39, 0.29) is 5.91 Å². The first-order valence-electron chi connectivity index (χ1n) is 5.33. The van der Waals surface area contributed by atoms with Crippen LogP contribution in [0.2, 0.25) is 0 Å². The fourth-order valence-electron chi connectivity index (χ4n) is 1.76. The van der Waals surface area contributed by atoms with E-state index < -0.39 is 0 Å². The number of carbonyl (C=O) groups is 1. The lowest BCUT2D eigenvalue weighted by Crippen LogP contribution is -2.11. The standard InChI is InChI=1S/C11H11N3OS2/c15-10(14-11-12-2-3-13-11)9-5-7-6-16-4-1-8(7)17-9/h2-3,5H,1,4,6H2,(H2,12,13,14,15). The summed E-state index contributed by atoms with van der Waals surface area (Å²) in [6, 6.07) is 2.00. The van der Waals surface area contributed by atoms with Crippen LogP contribution in [0, 0.1) is 0 Å². The van der Waals surface area contributed by atoms with Crippen LogP contribution >= 0.6 is 23.1 Å². The van der Waals surface area contributed by atoms with Crippen LogP contribution in [0.5, 0.6) is 0 Å². The van der Waals surface area contributed by atoms with Gasteiger partial charge >= 0.3 is 0 Å². The van der Waals surface area contributed by atoms with Crippen molar-refractivity contribution < 1.29 is 4.79 Å². The van der Waals surface area contributed by atoms with Crippen molar-refractivity contribution >= 4 is 35.0 Å². The van der Waals surface area contributed by atoms with E-state index >= 15 is 0 Å². The summed E-state index contributed by atoms with van der Waals surface area (Å²) < 4.78 is 0. The molecule has 0 spiro atoms. The second-order valence-corrected chi connectivity index (χ2v) is 6.00. The van der Waals surface area contributed by atoms with E-state index in [9.17, 15) is 4.79 Å². The molecule has 0 aliphatic carbocycles. The van der Waals surface area contributed by atoms with Gasteiger partial charge in [0.2, 0.25) is 5.95 Å². The van der Waals surface area contributed by atoms with Gasteiger partial charge in [0.05, 0.1) is 4.88 Å². The number of fused-ring (bicyclic) bond motifs is 1. The van der Waals surface area contributed by atoms with Crippen LogP contribution in [0.4, 0.5) is 5.95 Å². The van der Waals surface area contributed by atoms with Gasteiger partial charge in [0.1, 0.15) is 0 Å². The van der Waals surface area contributed by atoms with Gasteiger partial charge < -0.3 is 4.98 Å². The Balaban J connectivity index is 1.79. The first-order chi connectivity index (χ1) is 8.33. The molecule has 6 heteroatoms. The molecule has 3 rings (SSSR count). The summed E-state index contributed by atoms with van der Waals surface area (Å²) in [4.78, 5) is 20.9. The number of nitrogens with one attached hydrogen (secondary N) is 2. The minimum Gasteiger partial charge on any atom is -0.331 e. The Kier molecular flexibility index (Phi) is 2.90. The number of carbonyl (C=O) groups excluding carboxylic acids is 1. The van der Waals surface area contributed by atoms with Crippen molar-refractivity contribution in [1.82, 2.24) is 9.97 Å². The summed E-state index contributed by atoms with van der Waals surface area (Å²) in [7, 11) is 0. The highest BCUT2D eigenvalue weighted by Gasteiger charge is 2.17. The summed E-state index contributed by atoms with van der Waals surface area (Å²) in [5, 5.41) is 2.75. The summed E-state index contributed by atoms with van der Waals surface area (Å²) in [5.74, 6) is 2.60. The van der Waals surface area contributed by atoms with Crippen molar-refractivity contribution in [2.24, 2.45) is 0 Å². The van der Waals surface area contributed by atoms with Crippen molar-refractivity contribution in [1.29, 1.82) is 0 Å². The van der Waals surface area contributed by atoms with Crippen molar-refractivity contribution in [3.05, 3.63) is 33.8 Å². The molecular formula is C11H11N3OS2. The van der Waals surface area contributed by atoms with E-state index in [1.54, 1.807) is 23.7 Å². The molecular weight excluding hydrogens is 254 g/mol. The number of imidazole rings is 1. The summed E-state index contributed by atoms with van der Waals surface area (Å²) in [5.41, 5.74) is 1.32. The predicted molar refractivity (Wildman–Crippen MR) is 70.7 cm³/mol. The number of aromatic amines is 1. The van der Waals surface area contributed by atoms with E-state index in [2.05, 4.69) is 15.3 Å². The Morgan fingerprint density at radius 2 is 2.47 bits per heavy atom. The van der Waals surface area contributed by atoms with Crippen LogP contribution in [0.1, 0.15) is 20.1 Å². The second kappa shape index (κ2) is 4.54. The lowest BCUT2D eigenvalue weighted by Gasteiger charge is -2.08. The van der Waals surface area contributed by atoms with Gasteiger partial charge in [0, 0.05) is 23.0 Å². The second-order valence-electron chi connectivity index (χ2n) is 3.75. The van der Waals surface area contributed by atoms with Gasteiger partial charge in [-0.3, -0.25) is 10.1 Å². The third kappa shape index (κ3) is 2.23. The fraction of sp³-hybridized carbons (Fsp3) is 0.273. The van der Waals surface area contributed by atoms with E-state index in [0.717, 1.165) is 22.8 Å². The average Bonchev–Trinajstić information content (AvgIpc) is 2.96. The molecule has 0 atom stereocenters. The molecule has 1 amide bonds. The fourth-order valence-corrected chi connectivity index (χ4v) is 4.03. The maximum absolute atomic E-state index is 12.0. The number of hydrogen-bond acceptors (Lipinski definition) is 4. The topological polar surface area (TPSA) is 57.8 Å². The molecule has 1 aliphatic heterocycles. The highest BCUT2D eigenvalue weighted by atomic mass is 32.2. The number of aromatic nitrogens is 2. The highest BCUT2D eigenvalue weighted by molar-refractivity contribution is 7.98. The zero-order valence-corrected chi connectivity index (χ0v) is 10.7. The summed E-state index contributed by atoms with van der Waals surface area (Å²) in [6.45, 7) is 0. The molecule has 0 saturated heterocycles. The smallest absolute Gasteiger partial charge is 0.268 e. The normalized spacial score (nSPS) is 14.4. The van der Waals surface area contributed by atoms with Crippen molar-refractivity contribution in [3.63, 3.8) is 0 Å². The number of thioether (sulfide) groups is 1. The largest absolute Gasteiger partial charge is 0.331 e. The average molecular weight is 265 g/mol. The highest BCUT2D eigenvalue weighted by Crippen LogP contribution is 2.31. The van der Waals surface area contributed by atoms with Gasteiger partial charge in [-0.25, -0.2) is 4.98 Å². The Hall–Kier alpha value is -1.27. The number of nitrogens with zero attached hydrogens (tertiary/aromatic N) is 1. The quantitative estimate of drug-likeness (QED) is 0.877. The first kappa shape index (κ1) is 10.9. The molecule has 0 fully saturated rings. The molecule has 4 nitrogen and oxygen atoms in total. The van der Waals surface area contributed by atoms with Crippen LogP contribution in [0.3, 0.4) is 0 Å². The molecule has 88 valence electrons. The maximum atomic E-state index is 12.0. The SMILES string of the molecule is O=C(Nc1ncc[nH]1)c1cc2c(s1)CCSC2. The Morgan fingerprint density at radius 1 is 1.53 bits per heavy atom. The predicted octanol–water partition coefficient (Wildman–Crippen LogP) is 2.51. The number of rotatable bonds is 2. The van der Waals surface area contributed by atoms with Crippen LogP contribution in [0.25, 0.3) is 0 Å². The van der Waals surface area contributed by atoms with E-state index in [0.29, 0.717) is 5.95 Å². The number of anilines is 1. The third-order valence-corrected chi connectivity index (χ3v) is 4.83. The van der Waals surface area contributed by atoms with Crippen LogP contribution in [-0.2, 0) is 12.2 Å². The van der Waals surface area contributed by atoms with Gasteiger partial charge in [0.25, 0.3) is 5.91 Å². The van der Waals surface area contributed by atoms with Crippen LogP contribution in [0.15, 0.2) is 18.5 Å². The summed E-state index contributed by atoms with van der Waals surface area (Å²) in [6.07, 6.45) is 4.39. The molecule has 0 saturated carbocycles. The van der Waals surface area contributed by atoms with Crippen LogP contribution < -0.4 is 5.32 Å². The lowest BCUT2D eigenvalue weighted by molar-refractivity contribution is 0.102. The molecule has 0 aromatic carbocycles. The summed E-state index contributed by atoms with van der Waals surface area (Å²) >= 11 is 3.52. The van der Waals surface area contributed by atoms with Crippen molar-refractivity contribution in [3.8, 4) is 0 Å². The Morgan fingerprint density at radius 3 is 3.24 bits per heavy atom. The van der Waals surface area contributed by atoms with Crippen molar-refractivity contribution in [2.75, 3.05) is 11.1 Å². The van der Waals surface area contributed by atoms with E-state index in [1.807, 2.05) is 17.8 Å². The Labute approximate surface area is 107 Å². The minimum absolute atomic E-state index is 0.0793. The molecule has 3 heterocycles. The number of H-pyrrole nitrogens is 1. The van der Waals surface area contributed by atoms with E-state index in [1.165, 1.54) is 10.4 Å². The van der Waals surface area contributed by atoms with Crippen LogP contribution in [-0.4, -0.2) is 21.6 Å². The first-order valence-corrected chi connectivity index (χ1v) is 7.30. The maximum Gasteiger partial charge on any atom is 0.268 e.